The van der Waals surface area contributed by atoms with Gasteiger partial charge in [0, 0.05) is 0 Å². The Hall–Kier alpha value is -1.71. The van der Waals surface area contributed by atoms with Crippen molar-refractivity contribution in [1.29, 1.82) is 0 Å². The SMILES string of the molecule is CC(C)(C)[Si](OC[C@@H]1CCCC=N1)(c1ccccc1)c1ccccc1. The fraction of sp³-hybridized carbons (Fsp3) is 0.409. The molecule has 0 spiro atoms. The van der Waals surface area contributed by atoms with Gasteiger partial charge in [0.15, 0.2) is 0 Å². The van der Waals surface area contributed by atoms with Crippen LogP contribution >= 0.6 is 0 Å². The lowest BCUT2D eigenvalue weighted by molar-refractivity contribution is 0.263. The van der Waals surface area contributed by atoms with Crippen LogP contribution < -0.4 is 10.4 Å². The first-order chi connectivity index (χ1) is 12.0. The largest absolute Gasteiger partial charge is 0.405 e. The number of hydrogen-bond acceptors (Lipinski definition) is 2. The van der Waals surface area contributed by atoms with Gasteiger partial charge >= 0.3 is 0 Å². The summed E-state index contributed by atoms with van der Waals surface area (Å²) in [5.74, 6) is 0. The minimum atomic E-state index is -2.41. The first-order valence-electron chi connectivity index (χ1n) is 9.31. The molecule has 1 aliphatic rings. The fourth-order valence-electron chi connectivity index (χ4n) is 3.85. The number of benzene rings is 2. The van der Waals surface area contributed by atoms with Crippen LogP contribution in [0, 0.1) is 0 Å². The number of aliphatic imine (C=N–C) groups is 1. The van der Waals surface area contributed by atoms with Gasteiger partial charge in [-0.3, -0.25) is 4.99 Å². The highest BCUT2D eigenvalue weighted by Crippen LogP contribution is 2.37. The van der Waals surface area contributed by atoms with E-state index in [1.807, 2.05) is 0 Å². The summed E-state index contributed by atoms with van der Waals surface area (Å²) in [6, 6.07) is 22.0. The molecule has 2 nitrogen and oxygen atoms in total. The molecular weight excluding hydrogens is 322 g/mol. The molecule has 0 unspecified atom stereocenters. The Morgan fingerprint density at radius 3 is 1.96 bits per heavy atom. The van der Waals surface area contributed by atoms with Gasteiger partial charge in [0.25, 0.3) is 8.32 Å². The quantitative estimate of drug-likeness (QED) is 0.740. The standard InChI is InChI=1S/C22H29NOSi/c1-22(2,3)25(20-13-6-4-7-14-20,21-15-8-5-9-16-21)24-18-19-12-10-11-17-23-19/h4-9,13-17,19H,10-12,18H2,1-3H3/t19-/m0/s1. The second-order valence-electron chi connectivity index (χ2n) is 7.89. The normalized spacial score (nSPS) is 18.3. The van der Waals surface area contributed by atoms with E-state index in [4.69, 9.17) is 4.43 Å². The van der Waals surface area contributed by atoms with Crippen LogP contribution in [0.3, 0.4) is 0 Å². The summed E-state index contributed by atoms with van der Waals surface area (Å²) in [4.78, 5) is 4.67. The predicted octanol–water partition coefficient (Wildman–Crippen LogP) is 4.19. The van der Waals surface area contributed by atoms with Gasteiger partial charge in [-0.05, 0) is 40.9 Å². The van der Waals surface area contributed by atoms with Crippen molar-refractivity contribution in [2.24, 2.45) is 4.99 Å². The third-order valence-corrected chi connectivity index (χ3v) is 10.1. The Kier molecular flexibility index (Phi) is 5.55. The van der Waals surface area contributed by atoms with Crippen LogP contribution in [0.4, 0.5) is 0 Å². The van der Waals surface area contributed by atoms with E-state index in [1.165, 1.54) is 16.8 Å². The maximum absolute atomic E-state index is 6.93. The lowest BCUT2D eigenvalue weighted by Crippen LogP contribution is -2.67. The van der Waals surface area contributed by atoms with E-state index in [9.17, 15) is 0 Å². The maximum atomic E-state index is 6.93. The summed E-state index contributed by atoms with van der Waals surface area (Å²) >= 11 is 0. The highest BCUT2D eigenvalue weighted by molar-refractivity contribution is 6.99. The van der Waals surface area contributed by atoms with Gasteiger partial charge in [0.1, 0.15) is 0 Å². The molecule has 1 heterocycles. The van der Waals surface area contributed by atoms with Crippen molar-refractivity contribution in [3.8, 4) is 0 Å². The molecule has 2 aromatic carbocycles. The highest BCUT2D eigenvalue weighted by atomic mass is 28.4. The van der Waals surface area contributed by atoms with E-state index >= 15 is 0 Å². The summed E-state index contributed by atoms with van der Waals surface area (Å²) in [5, 5.41) is 2.72. The molecule has 0 aliphatic carbocycles. The third-order valence-electron chi connectivity index (χ3n) is 5.10. The van der Waals surface area contributed by atoms with Crippen molar-refractivity contribution in [3.05, 3.63) is 60.7 Å². The predicted molar refractivity (Wildman–Crippen MR) is 110 cm³/mol. The van der Waals surface area contributed by atoms with Crippen molar-refractivity contribution in [1.82, 2.24) is 0 Å². The van der Waals surface area contributed by atoms with Crippen LogP contribution in [0.5, 0.6) is 0 Å². The Morgan fingerprint density at radius 1 is 0.960 bits per heavy atom. The zero-order valence-corrected chi connectivity index (χ0v) is 16.6. The van der Waals surface area contributed by atoms with Crippen molar-refractivity contribution in [3.63, 3.8) is 0 Å². The van der Waals surface area contributed by atoms with Gasteiger partial charge in [-0.2, -0.15) is 0 Å². The molecule has 132 valence electrons. The smallest absolute Gasteiger partial charge is 0.261 e. The number of rotatable bonds is 5. The van der Waals surface area contributed by atoms with Crippen molar-refractivity contribution >= 4 is 24.9 Å². The second kappa shape index (κ2) is 7.67. The topological polar surface area (TPSA) is 21.6 Å². The van der Waals surface area contributed by atoms with Crippen LogP contribution in [0.1, 0.15) is 40.0 Å². The Labute approximate surface area is 153 Å². The van der Waals surface area contributed by atoms with E-state index in [-0.39, 0.29) is 5.04 Å². The molecule has 0 fully saturated rings. The van der Waals surface area contributed by atoms with Crippen LogP contribution in [0.2, 0.25) is 5.04 Å². The molecule has 0 aromatic heterocycles. The molecule has 3 rings (SSSR count). The van der Waals surface area contributed by atoms with Gasteiger partial charge in [0.05, 0.1) is 12.6 Å². The number of hydrogen-bond donors (Lipinski definition) is 0. The van der Waals surface area contributed by atoms with Crippen LogP contribution in [0.25, 0.3) is 0 Å². The van der Waals surface area contributed by atoms with Gasteiger partial charge in [0.2, 0.25) is 0 Å². The van der Waals surface area contributed by atoms with E-state index in [0.29, 0.717) is 12.6 Å². The molecule has 0 saturated heterocycles. The molecule has 1 aliphatic heterocycles. The molecule has 0 radical (unpaired) electrons. The summed E-state index contributed by atoms with van der Waals surface area (Å²) in [5.41, 5.74) is 0. The lowest BCUT2D eigenvalue weighted by Gasteiger charge is -2.43. The van der Waals surface area contributed by atoms with Gasteiger partial charge in [-0.1, -0.05) is 81.4 Å². The molecule has 25 heavy (non-hydrogen) atoms. The summed E-state index contributed by atoms with van der Waals surface area (Å²) in [7, 11) is -2.41. The zero-order chi connectivity index (χ0) is 17.8. The lowest BCUT2D eigenvalue weighted by atomic mass is 10.1. The molecule has 0 saturated carbocycles. The van der Waals surface area contributed by atoms with Gasteiger partial charge in [-0.25, -0.2) is 0 Å². The third kappa shape index (κ3) is 3.78. The van der Waals surface area contributed by atoms with E-state index in [2.05, 4.69) is 92.6 Å². The maximum Gasteiger partial charge on any atom is 0.261 e. The minimum Gasteiger partial charge on any atom is -0.405 e. The van der Waals surface area contributed by atoms with Gasteiger partial charge < -0.3 is 4.43 Å². The van der Waals surface area contributed by atoms with E-state index in [0.717, 1.165) is 12.8 Å². The summed E-state index contributed by atoms with van der Waals surface area (Å²) < 4.78 is 6.93. The molecule has 1 atom stereocenters. The summed E-state index contributed by atoms with van der Waals surface area (Å²) in [6.45, 7) is 7.68. The van der Waals surface area contributed by atoms with E-state index in [1.54, 1.807) is 0 Å². The fourth-order valence-corrected chi connectivity index (χ4v) is 8.45. The van der Waals surface area contributed by atoms with Crippen LogP contribution in [-0.2, 0) is 4.43 Å². The molecule has 0 N–H and O–H groups in total. The molecule has 3 heteroatoms. The monoisotopic (exact) mass is 351 g/mol. The Bertz CT molecular complexity index is 651. The molecular formula is C22H29NOSi. The summed E-state index contributed by atoms with van der Waals surface area (Å²) in [6.07, 6.45) is 5.53. The Morgan fingerprint density at radius 2 is 1.52 bits per heavy atom. The average molecular weight is 352 g/mol. The first-order valence-corrected chi connectivity index (χ1v) is 11.2. The molecule has 0 bridgehead atoms. The van der Waals surface area contributed by atoms with Crippen molar-refractivity contribution in [2.75, 3.05) is 6.61 Å². The Balaban J connectivity index is 2.05. The van der Waals surface area contributed by atoms with Crippen LogP contribution in [0.15, 0.2) is 65.7 Å². The average Bonchev–Trinajstić information content (AvgIpc) is 2.64. The molecule has 0 amide bonds. The van der Waals surface area contributed by atoms with E-state index < -0.39 is 8.32 Å². The van der Waals surface area contributed by atoms with Crippen molar-refractivity contribution < 1.29 is 4.43 Å². The van der Waals surface area contributed by atoms with Crippen molar-refractivity contribution in [2.45, 2.75) is 51.1 Å². The molecule has 2 aromatic rings. The number of nitrogens with zero attached hydrogens (tertiary/aromatic N) is 1. The van der Waals surface area contributed by atoms with Crippen LogP contribution in [-0.4, -0.2) is 27.2 Å². The van der Waals surface area contributed by atoms with Gasteiger partial charge in [-0.15, -0.1) is 0 Å². The zero-order valence-electron chi connectivity index (χ0n) is 15.6. The highest BCUT2D eigenvalue weighted by Gasteiger charge is 2.50. The second-order valence-corrected chi connectivity index (χ2v) is 12.2. The first kappa shape index (κ1) is 18.1. The minimum absolute atomic E-state index is 0.0358.